The highest BCUT2D eigenvalue weighted by molar-refractivity contribution is 7.80. The Kier molecular flexibility index (Phi) is 3.72. The van der Waals surface area contributed by atoms with Crippen LogP contribution in [-0.2, 0) is 0 Å². The number of aliphatic imine (C=N–C) groups is 1. The molecule has 2 rings (SSSR count). The Bertz CT molecular complexity index is 554. The Balaban J connectivity index is 2.09. The standard InChI is InChI=1S/C11H8N4S2/c16-8-12-9-2-4-10(5-3-9)14-11(17)15-7-1-6-13-15/h1-7H,(H,14,17). The Hall–Kier alpha value is -1.88. The number of hydrogen-bond donors (Lipinski definition) is 1. The summed E-state index contributed by atoms with van der Waals surface area (Å²) in [6, 6.07) is 9.19. The molecule has 1 N–H and O–H groups in total. The number of nitrogens with one attached hydrogen (secondary N) is 1. The van der Waals surface area contributed by atoms with Crippen LogP contribution < -0.4 is 5.32 Å². The highest BCUT2D eigenvalue weighted by Crippen LogP contribution is 2.15. The van der Waals surface area contributed by atoms with Crippen molar-refractivity contribution >= 4 is 46.1 Å². The zero-order valence-corrected chi connectivity index (χ0v) is 10.3. The molecule has 1 heterocycles. The Labute approximate surface area is 109 Å². The largest absolute Gasteiger partial charge is 0.331 e. The van der Waals surface area contributed by atoms with Gasteiger partial charge in [0.05, 0.1) is 10.8 Å². The predicted octanol–water partition coefficient (Wildman–Crippen LogP) is 2.86. The molecule has 6 heteroatoms. The number of nitrogens with zero attached hydrogens (tertiary/aromatic N) is 3. The summed E-state index contributed by atoms with van der Waals surface area (Å²) >= 11 is 9.70. The van der Waals surface area contributed by atoms with E-state index in [-0.39, 0.29) is 0 Å². The first-order valence-corrected chi connectivity index (χ1v) is 5.60. The van der Waals surface area contributed by atoms with Crippen LogP contribution in [0.1, 0.15) is 0 Å². The van der Waals surface area contributed by atoms with E-state index < -0.39 is 0 Å². The van der Waals surface area contributed by atoms with Crippen molar-refractivity contribution in [1.29, 1.82) is 0 Å². The maximum atomic E-state index is 5.18. The van der Waals surface area contributed by atoms with Crippen molar-refractivity contribution in [3.05, 3.63) is 42.7 Å². The Morgan fingerprint density at radius 2 is 2.12 bits per heavy atom. The van der Waals surface area contributed by atoms with Gasteiger partial charge in [0.2, 0.25) is 0 Å². The van der Waals surface area contributed by atoms with Gasteiger partial charge in [0.1, 0.15) is 0 Å². The Morgan fingerprint density at radius 1 is 1.35 bits per heavy atom. The van der Waals surface area contributed by atoms with E-state index in [2.05, 4.69) is 32.8 Å². The summed E-state index contributed by atoms with van der Waals surface area (Å²) in [6.07, 6.45) is 3.45. The van der Waals surface area contributed by atoms with E-state index in [0.717, 1.165) is 11.4 Å². The van der Waals surface area contributed by atoms with E-state index in [1.807, 2.05) is 30.3 Å². The molecule has 0 radical (unpaired) electrons. The molecule has 0 saturated heterocycles. The van der Waals surface area contributed by atoms with Crippen molar-refractivity contribution in [3.8, 4) is 0 Å². The molecule has 0 aliphatic carbocycles. The minimum absolute atomic E-state index is 0.515. The van der Waals surface area contributed by atoms with Crippen molar-refractivity contribution in [2.75, 3.05) is 5.32 Å². The maximum absolute atomic E-state index is 5.18. The van der Waals surface area contributed by atoms with E-state index in [9.17, 15) is 0 Å². The zero-order valence-electron chi connectivity index (χ0n) is 8.70. The highest BCUT2D eigenvalue weighted by Gasteiger charge is 2.00. The zero-order chi connectivity index (χ0) is 12.1. The summed E-state index contributed by atoms with van der Waals surface area (Å²) in [5, 5.41) is 9.92. The maximum Gasteiger partial charge on any atom is 0.198 e. The third kappa shape index (κ3) is 3.04. The first-order valence-electron chi connectivity index (χ1n) is 4.78. The molecular weight excluding hydrogens is 252 g/mol. The summed E-state index contributed by atoms with van der Waals surface area (Å²) in [6.45, 7) is 0. The molecule has 4 nitrogen and oxygen atoms in total. The van der Waals surface area contributed by atoms with Crippen LogP contribution in [0, 0.1) is 0 Å². The lowest BCUT2D eigenvalue weighted by atomic mass is 10.3. The normalized spacial score (nSPS) is 9.41. The average Bonchev–Trinajstić information content (AvgIpc) is 2.86. The molecule has 0 amide bonds. The fourth-order valence-corrected chi connectivity index (χ4v) is 1.57. The summed E-state index contributed by atoms with van der Waals surface area (Å²) in [5.41, 5.74) is 1.63. The number of thiocarbonyl (C=S) groups is 2. The molecule has 17 heavy (non-hydrogen) atoms. The molecule has 0 fully saturated rings. The second-order valence-corrected chi connectivity index (χ2v) is 3.70. The second-order valence-electron chi connectivity index (χ2n) is 3.13. The summed E-state index contributed by atoms with van der Waals surface area (Å²) in [5.74, 6) is 0. The lowest BCUT2D eigenvalue weighted by molar-refractivity contribution is 0.947. The van der Waals surface area contributed by atoms with Crippen LogP contribution in [0.15, 0.2) is 47.7 Å². The third-order valence-electron chi connectivity index (χ3n) is 2.01. The second kappa shape index (κ2) is 5.45. The molecule has 0 spiro atoms. The third-order valence-corrected chi connectivity index (χ3v) is 2.39. The van der Waals surface area contributed by atoms with Gasteiger partial charge < -0.3 is 5.32 Å². The molecule has 2 aromatic rings. The lowest BCUT2D eigenvalue weighted by Gasteiger charge is -2.07. The number of anilines is 1. The van der Waals surface area contributed by atoms with Gasteiger partial charge in [0.15, 0.2) is 5.11 Å². The van der Waals surface area contributed by atoms with Crippen molar-refractivity contribution in [1.82, 2.24) is 9.78 Å². The first kappa shape index (κ1) is 11.6. The number of isothiocyanates is 1. The Morgan fingerprint density at radius 3 is 2.71 bits per heavy atom. The van der Waals surface area contributed by atoms with Crippen LogP contribution in [0.3, 0.4) is 0 Å². The molecular formula is C11H8N4S2. The molecule has 0 unspecified atom stereocenters. The number of hydrogen-bond acceptors (Lipinski definition) is 4. The highest BCUT2D eigenvalue weighted by atomic mass is 32.1. The van der Waals surface area contributed by atoms with Crippen LogP contribution >= 0.6 is 24.4 Å². The summed E-state index contributed by atoms with van der Waals surface area (Å²) in [4.78, 5) is 3.86. The molecule has 1 aromatic carbocycles. The molecule has 0 aliphatic rings. The van der Waals surface area contributed by atoms with Gasteiger partial charge in [-0.3, -0.25) is 0 Å². The predicted molar refractivity (Wildman–Crippen MR) is 75.0 cm³/mol. The molecule has 1 aromatic heterocycles. The van der Waals surface area contributed by atoms with Crippen LogP contribution in [0.5, 0.6) is 0 Å². The molecule has 0 aliphatic heterocycles. The quantitative estimate of drug-likeness (QED) is 0.666. The SMILES string of the molecule is S=C=Nc1ccc(NC(=S)n2cccn2)cc1. The number of aromatic nitrogens is 2. The van der Waals surface area contributed by atoms with Crippen molar-refractivity contribution in [2.24, 2.45) is 4.99 Å². The minimum Gasteiger partial charge on any atom is -0.331 e. The van der Waals surface area contributed by atoms with E-state index in [4.69, 9.17) is 12.2 Å². The average molecular weight is 260 g/mol. The monoisotopic (exact) mass is 260 g/mol. The van der Waals surface area contributed by atoms with E-state index >= 15 is 0 Å². The first-order chi connectivity index (χ1) is 8.29. The van der Waals surface area contributed by atoms with Gasteiger partial charge in [-0.25, -0.2) is 4.68 Å². The van der Waals surface area contributed by atoms with E-state index in [0.29, 0.717) is 5.11 Å². The van der Waals surface area contributed by atoms with Gasteiger partial charge in [-0.1, -0.05) is 0 Å². The molecule has 0 bridgehead atoms. The van der Waals surface area contributed by atoms with Crippen molar-refractivity contribution in [2.45, 2.75) is 0 Å². The van der Waals surface area contributed by atoms with Gasteiger partial charge >= 0.3 is 0 Å². The fraction of sp³-hybridized carbons (Fsp3) is 0. The van der Waals surface area contributed by atoms with Crippen LogP contribution in [0.4, 0.5) is 11.4 Å². The van der Waals surface area contributed by atoms with Gasteiger partial charge in [-0.15, -0.1) is 0 Å². The topological polar surface area (TPSA) is 42.2 Å². The van der Waals surface area contributed by atoms with Gasteiger partial charge in [-0.2, -0.15) is 10.1 Å². The van der Waals surface area contributed by atoms with Crippen LogP contribution in [-0.4, -0.2) is 20.1 Å². The summed E-state index contributed by atoms with van der Waals surface area (Å²) < 4.78 is 1.58. The van der Waals surface area contributed by atoms with Gasteiger partial charge in [-0.05, 0) is 54.8 Å². The lowest BCUT2D eigenvalue weighted by Crippen LogP contribution is -2.19. The fourth-order valence-electron chi connectivity index (χ4n) is 1.24. The minimum atomic E-state index is 0.515. The van der Waals surface area contributed by atoms with Crippen molar-refractivity contribution in [3.63, 3.8) is 0 Å². The smallest absolute Gasteiger partial charge is 0.198 e. The molecule has 84 valence electrons. The van der Waals surface area contributed by atoms with Crippen LogP contribution in [0.2, 0.25) is 0 Å². The van der Waals surface area contributed by atoms with Crippen molar-refractivity contribution < 1.29 is 0 Å². The van der Waals surface area contributed by atoms with Gasteiger partial charge in [0.25, 0.3) is 0 Å². The summed E-state index contributed by atoms with van der Waals surface area (Å²) in [7, 11) is 0. The van der Waals surface area contributed by atoms with E-state index in [1.165, 1.54) is 0 Å². The molecule has 0 atom stereocenters. The number of rotatable bonds is 2. The molecule has 0 saturated carbocycles. The van der Waals surface area contributed by atoms with Gasteiger partial charge in [0, 0.05) is 18.1 Å². The van der Waals surface area contributed by atoms with E-state index in [1.54, 1.807) is 17.1 Å². The van der Waals surface area contributed by atoms with Crippen LogP contribution in [0.25, 0.3) is 0 Å². The number of benzene rings is 1.